The van der Waals surface area contributed by atoms with Crippen LogP contribution in [-0.4, -0.2) is 76.6 Å². The second kappa shape index (κ2) is 12.3. The molecule has 2 amide bonds. The Kier molecular flexibility index (Phi) is 8.79. The summed E-state index contributed by atoms with van der Waals surface area (Å²) in [4.78, 5) is 29.6. The van der Waals surface area contributed by atoms with Gasteiger partial charge in [0.2, 0.25) is 11.8 Å². The molecule has 4 N–H and O–H groups in total. The summed E-state index contributed by atoms with van der Waals surface area (Å²) in [6, 6.07) is 2.76. The Morgan fingerprint density at radius 2 is 1.74 bits per heavy atom. The second-order valence-corrected chi connectivity index (χ2v) is 11.4. The number of hydrogen-bond donors (Lipinski definition) is 4. The quantitative estimate of drug-likeness (QED) is 0.372. The first-order valence-electron chi connectivity index (χ1n) is 14.6. The standard InChI is InChI=1S/C30H42N2O7/c1-38-24-15-18(17-34)14-21-25-22(29(36)31-12-13-33)16-23(26(35)28(25)39-27(21)24)32(20-10-4-2-3-5-11-20)30(37)19-8-6-7-9-19/h14-16,19-20,23,25-26,28,33-35H,2-13,17H2,1H3,(H,31,36)/t23-,25+,26+,28+/m1/s1. The average molecular weight is 543 g/mol. The van der Waals surface area contributed by atoms with Gasteiger partial charge in [0.15, 0.2) is 11.5 Å². The number of hydrogen-bond acceptors (Lipinski definition) is 7. The molecule has 4 aliphatic rings. The summed E-state index contributed by atoms with van der Waals surface area (Å²) >= 11 is 0. The van der Waals surface area contributed by atoms with E-state index in [1.807, 2.05) is 4.90 Å². The molecule has 9 nitrogen and oxygen atoms in total. The maximum atomic E-state index is 14.1. The number of rotatable bonds is 8. The number of aliphatic hydroxyl groups is 3. The Morgan fingerprint density at radius 3 is 2.38 bits per heavy atom. The van der Waals surface area contributed by atoms with Crippen molar-refractivity contribution in [2.45, 2.75) is 101 Å². The summed E-state index contributed by atoms with van der Waals surface area (Å²) < 4.78 is 11.9. The Labute approximate surface area is 230 Å². The van der Waals surface area contributed by atoms with Crippen molar-refractivity contribution in [3.05, 3.63) is 34.9 Å². The normalized spacial score (nSPS) is 27.1. The van der Waals surface area contributed by atoms with Crippen LogP contribution in [0.4, 0.5) is 0 Å². The summed E-state index contributed by atoms with van der Waals surface area (Å²) in [6.45, 7) is -0.335. The van der Waals surface area contributed by atoms with Crippen molar-refractivity contribution in [1.29, 1.82) is 0 Å². The predicted molar refractivity (Wildman–Crippen MR) is 144 cm³/mol. The summed E-state index contributed by atoms with van der Waals surface area (Å²) in [5, 5.41) is 33.9. The highest BCUT2D eigenvalue weighted by Gasteiger charge is 2.52. The predicted octanol–water partition coefficient (Wildman–Crippen LogP) is 2.55. The number of fused-ring (bicyclic) bond motifs is 3. The molecular formula is C30H42N2O7. The fraction of sp³-hybridized carbons (Fsp3) is 0.667. The van der Waals surface area contributed by atoms with E-state index in [-0.39, 0.29) is 43.5 Å². The maximum absolute atomic E-state index is 14.1. The van der Waals surface area contributed by atoms with E-state index in [1.54, 1.807) is 18.2 Å². The first-order valence-corrected chi connectivity index (χ1v) is 14.6. The lowest BCUT2D eigenvalue weighted by molar-refractivity contribution is -0.145. The molecule has 0 spiro atoms. The van der Waals surface area contributed by atoms with Crippen LogP contribution in [0.1, 0.15) is 81.3 Å². The van der Waals surface area contributed by atoms with Crippen LogP contribution in [0.5, 0.6) is 11.5 Å². The van der Waals surface area contributed by atoms with Crippen LogP contribution in [0.2, 0.25) is 0 Å². The van der Waals surface area contributed by atoms with Gasteiger partial charge in [-0.05, 0) is 49.5 Å². The van der Waals surface area contributed by atoms with Gasteiger partial charge in [-0.1, -0.05) is 38.5 Å². The molecule has 39 heavy (non-hydrogen) atoms. The first kappa shape index (κ1) is 27.9. The molecule has 2 fully saturated rings. The molecule has 1 aromatic carbocycles. The van der Waals surface area contributed by atoms with Gasteiger partial charge in [-0.2, -0.15) is 0 Å². The lowest BCUT2D eigenvalue weighted by Crippen LogP contribution is -2.59. The summed E-state index contributed by atoms with van der Waals surface area (Å²) in [5.41, 5.74) is 1.67. The maximum Gasteiger partial charge on any atom is 0.247 e. The number of aliphatic hydroxyl groups excluding tert-OH is 3. The van der Waals surface area contributed by atoms with E-state index in [1.165, 1.54) is 7.11 Å². The molecule has 1 aliphatic heterocycles. The topological polar surface area (TPSA) is 129 Å². The molecule has 4 atom stereocenters. The second-order valence-electron chi connectivity index (χ2n) is 11.4. The van der Waals surface area contributed by atoms with Crippen molar-refractivity contribution >= 4 is 11.8 Å². The van der Waals surface area contributed by atoms with E-state index in [9.17, 15) is 24.9 Å². The molecular weight excluding hydrogens is 500 g/mol. The third-order valence-electron chi connectivity index (χ3n) is 8.99. The smallest absolute Gasteiger partial charge is 0.247 e. The molecule has 2 saturated carbocycles. The Bertz CT molecular complexity index is 1080. The minimum absolute atomic E-state index is 0.00545. The fourth-order valence-corrected chi connectivity index (χ4v) is 7.08. The Balaban J connectivity index is 1.59. The van der Waals surface area contributed by atoms with E-state index in [4.69, 9.17) is 9.47 Å². The van der Waals surface area contributed by atoms with Gasteiger partial charge >= 0.3 is 0 Å². The fourth-order valence-electron chi connectivity index (χ4n) is 7.08. The minimum Gasteiger partial charge on any atom is -0.493 e. The number of methoxy groups -OCH3 is 1. The molecule has 0 unspecified atom stereocenters. The first-order chi connectivity index (χ1) is 19.0. The van der Waals surface area contributed by atoms with Crippen molar-refractivity contribution in [3.8, 4) is 11.5 Å². The lowest BCUT2D eigenvalue weighted by atomic mass is 9.76. The van der Waals surface area contributed by atoms with Crippen molar-refractivity contribution in [2.75, 3.05) is 20.3 Å². The number of carbonyl (C=O) groups excluding carboxylic acids is 2. The van der Waals surface area contributed by atoms with E-state index in [0.29, 0.717) is 28.2 Å². The van der Waals surface area contributed by atoms with Crippen LogP contribution in [0.3, 0.4) is 0 Å². The summed E-state index contributed by atoms with van der Waals surface area (Å²) in [7, 11) is 1.51. The van der Waals surface area contributed by atoms with Crippen LogP contribution in [0, 0.1) is 5.92 Å². The van der Waals surface area contributed by atoms with Crippen molar-refractivity contribution in [1.82, 2.24) is 10.2 Å². The van der Waals surface area contributed by atoms with Gasteiger partial charge < -0.3 is 35.0 Å². The van der Waals surface area contributed by atoms with Crippen LogP contribution in [-0.2, 0) is 16.2 Å². The van der Waals surface area contributed by atoms with Gasteiger partial charge in [-0.25, -0.2) is 0 Å². The molecule has 1 heterocycles. The molecule has 3 aliphatic carbocycles. The van der Waals surface area contributed by atoms with Crippen LogP contribution >= 0.6 is 0 Å². The van der Waals surface area contributed by atoms with Crippen LogP contribution in [0.25, 0.3) is 0 Å². The average Bonchev–Trinajstić information content (AvgIpc) is 3.55. The van der Waals surface area contributed by atoms with Crippen LogP contribution in [0.15, 0.2) is 23.8 Å². The molecule has 214 valence electrons. The summed E-state index contributed by atoms with van der Waals surface area (Å²) in [6.07, 6.45) is 9.76. The SMILES string of the molecule is COc1cc(CO)cc2c1O[C@@H]1[C@@H](O)[C@H](N(C(=O)C3CCCC3)C3CCCCCC3)C=C(C(=O)NCCO)[C@H]21. The Morgan fingerprint density at radius 1 is 1.05 bits per heavy atom. The van der Waals surface area contributed by atoms with Gasteiger partial charge in [-0.15, -0.1) is 0 Å². The van der Waals surface area contributed by atoms with Gasteiger partial charge in [0.05, 0.1) is 32.3 Å². The Hall–Kier alpha value is -2.62. The number of nitrogens with zero attached hydrogens (tertiary/aromatic N) is 1. The number of amides is 2. The molecule has 0 saturated heterocycles. The number of nitrogens with one attached hydrogen (secondary N) is 1. The molecule has 1 aromatic rings. The zero-order chi connectivity index (χ0) is 27.5. The number of carbonyl (C=O) groups is 2. The third-order valence-corrected chi connectivity index (χ3v) is 8.99. The van der Waals surface area contributed by atoms with E-state index in [0.717, 1.165) is 64.2 Å². The monoisotopic (exact) mass is 542 g/mol. The molecule has 0 radical (unpaired) electrons. The van der Waals surface area contributed by atoms with E-state index < -0.39 is 24.2 Å². The van der Waals surface area contributed by atoms with Gasteiger partial charge in [0.1, 0.15) is 12.2 Å². The van der Waals surface area contributed by atoms with Gasteiger partial charge in [0.25, 0.3) is 0 Å². The van der Waals surface area contributed by atoms with E-state index >= 15 is 0 Å². The zero-order valence-corrected chi connectivity index (χ0v) is 22.8. The minimum atomic E-state index is -1.06. The number of ether oxygens (including phenoxy) is 2. The third kappa shape index (κ3) is 5.41. The zero-order valence-electron chi connectivity index (χ0n) is 22.8. The van der Waals surface area contributed by atoms with E-state index in [2.05, 4.69) is 5.32 Å². The number of benzene rings is 1. The highest BCUT2D eigenvalue weighted by atomic mass is 16.5. The largest absolute Gasteiger partial charge is 0.493 e. The van der Waals surface area contributed by atoms with Crippen molar-refractivity contribution in [2.24, 2.45) is 5.92 Å². The molecule has 0 bridgehead atoms. The highest BCUT2D eigenvalue weighted by Crippen LogP contribution is 2.52. The molecule has 0 aromatic heterocycles. The van der Waals surface area contributed by atoms with Gasteiger partial charge in [-0.3, -0.25) is 9.59 Å². The lowest BCUT2D eigenvalue weighted by Gasteiger charge is -2.45. The summed E-state index contributed by atoms with van der Waals surface area (Å²) in [5.74, 6) is -0.102. The highest BCUT2D eigenvalue weighted by molar-refractivity contribution is 5.96. The van der Waals surface area contributed by atoms with Crippen molar-refractivity contribution in [3.63, 3.8) is 0 Å². The molecule has 9 heteroatoms. The van der Waals surface area contributed by atoms with Crippen LogP contribution < -0.4 is 14.8 Å². The van der Waals surface area contributed by atoms with Gasteiger partial charge in [0, 0.05) is 29.6 Å². The molecule has 5 rings (SSSR count). The van der Waals surface area contributed by atoms with Crippen molar-refractivity contribution < 1.29 is 34.4 Å².